The van der Waals surface area contributed by atoms with Gasteiger partial charge in [-0.05, 0) is 17.7 Å². The van der Waals surface area contributed by atoms with Crippen LogP contribution in [0.4, 0.5) is 5.82 Å². The lowest BCUT2D eigenvalue weighted by atomic mass is 9.96. The molecule has 1 unspecified atom stereocenters. The fourth-order valence-corrected chi connectivity index (χ4v) is 3.67. The second-order valence-electron chi connectivity index (χ2n) is 5.89. The first-order chi connectivity index (χ1) is 13.6. The van der Waals surface area contributed by atoms with Gasteiger partial charge in [-0.25, -0.2) is 4.98 Å². The van der Waals surface area contributed by atoms with Crippen molar-refractivity contribution >= 4 is 17.6 Å². The fourth-order valence-electron chi connectivity index (χ4n) is 2.77. The van der Waals surface area contributed by atoms with Crippen molar-refractivity contribution in [2.24, 2.45) is 0 Å². The van der Waals surface area contributed by atoms with E-state index in [0.717, 1.165) is 0 Å². The van der Waals surface area contributed by atoms with Gasteiger partial charge in [0.15, 0.2) is 17.6 Å². The third kappa shape index (κ3) is 3.82. The van der Waals surface area contributed by atoms with Gasteiger partial charge < -0.3 is 25.1 Å². The van der Waals surface area contributed by atoms with Gasteiger partial charge >= 0.3 is 0 Å². The van der Waals surface area contributed by atoms with Gasteiger partial charge in [-0.15, -0.1) is 11.8 Å². The number of aromatic nitrogens is 1. The van der Waals surface area contributed by atoms with Crippen molar-refractivity contribution in [3.8, 4) is 34.8 Å². The van der Waals surface area contributed by atoms with Crippen LogP contribution in [0.1, 0.15) is 11.1 Å². The molecule has 1 atom stereocenters. The largest absolute Gasteiger partial charge is 0.486 e. The molecule has 0 saturated carbocycles. The van der Waals surface area contributed by atoms with Crippen molar-refractivity contribution in [3.63, 3.8) is 0 Å². The van der Waals surface area contributed by atoms with E-state index in [0.29, 0.717) is 40.0 Å². The first kappa shape index (κ1) is 19.8. The van der Waals surface area contributed by atoms with Crippen LogP contribution in [0.15, 0.2) is 23.2 Å². The lowest BCUT2D eigenvalue weighted by Gasteiger charge is -2.25. The SMILES string of the molecule is COCCSc1nc(N)c(C#N)c(-c2ccc3c(c2)OC(CO)CO3)c1C#N. The summed E-state index contributed by atoms with van der Waals surface area (Å²) in [5, 5.41) is 29.1. The molecule has 1 aromatic heterocycles. The van der Waals surface area contributed by atoms with Crippen LogP contribution in [0.25, 0.3) is 11.1 Å². The van der Waals surface area contributed by atoms with E-state index in [2.05, 4.69) is 11.1 Å². The maximum Gasteiger partial charge on any atom is 0.162 e. The molecule has 0 aliphatic carbocycles. The molecule has 28 heavy (non-hydrogen) atoms. The van der Waals surface area contributed by atoms with Gasteiger partial charge in [-0.3, -0.25) is 0 Å². The summed E-state index contributed by atoms with van der Waals surface area (Å²) in [5.74, 6) is 1.60. The van der Waals surface area contributed by atoms with Gasteiger partial charge in [0.2, 0.25) is 0 Å². The number of nitrogen functional groups attached to an aromatic ring is 1. The molecule has 3 rings (SSSR count). The number of anilines is 1. The normalized spacial score (nSPS) is 14.9. The number of benzene rings is 1. The topological polar surface area (TPSA) is 134 Å². The predicted octanol–water partition coefficient (Wildman–Crippen LogP) is 1.94. The Labute approximate surface area is 166 Å². The second-order valence-corrected chi connectivity index (χ2v) is 6.97. The summed E-state index contributed by atoms with van der Waals surface area (Å²) in [7, 11) is 1.59. The Bertz CT molecular complexity index is 968. The summed E-state index contributed by atoms with van der Waals surface area (Å²) in [6, 6.07) is 9.31. The highest BCUT2D eigenvalue weighted by atomic mass is 32.2. The minimum atomic E-state index is -0.476. The monoisotopic (exact) mass is 398 g/mol. The molecule has 0 saturated heterocycles. The average Bonchev–Trinajstić information content (AvgIpc) is 2.72. The average molecular weight is 398 g/mol. The Morgan fingerprint density at radius 1 is 1.32 bits per heavy atom. The highest BCUT2D eigenvalue weighted by molar-refractivity contribution is 7.99. The van der Waals surface area contributed by atoms with Crippen LogP contribution < -0.4 is 15.2 Å². The smallest absolute Gasteiger partial charge is 0.162 e. The first-order valence-electron chi connectivity index (χ1n) is 8.43. The Balaban J connectivity index is 2.13. The highest BCUT2D eigenvalue weighted by Gasteiger charge is 2.24. The van der Waals surface area contributed by atoms with Gasteiger partial charge in [0.1, 0.15) is 35.2 Å². The Kier molecular flexibility index (Phi) is 6.22. The van der Waals surface area contributed by atoms with Crippen LogP contribution >= 0.6 is 11.8 Å². The molecule has 3 N–H and O–H groups in total. The summed E-state index contributed by atoms with van der Waals surface area (Å²) in [5.41, 5.74) is 7.37. The lowest BCUT2D eigenvalue weighted by molar-refractivity contribution is 0.0457. The molecule has 2 heterocycles. The number of fused-ring (bicyclic) bond motifs is 1. The van der Waals surface area contributed by atoms with Crippen molar-refractivity contribution in [1.82, 2.24) is 4.98 Å². The number of aliphatic hydroxyl groups excluding tert-OH is 1. The zero-order valence-corrected chi connectivity index (χ0v) is 16.0. The zero-order valence-electron chi connectivity index (χ0n) is 15.1. The van der Waals surface area contributed by atoms with E-state index in [9.17, 15) is 15.6 Å². The molecule has 144 valence electrons. The number of ether oxygens (including phenoxy) is 3. The molecule has 0 radical (unpaired) electrons. The molecule has 1 aromatic carbocycles. The zero-order chi connectivity index (χ0) is 20.1. The number of rotatable bonds is 6. The van der Waals surface area contributed by atoms with Crippen molar-refractivity contribution in [3.05, 3.63) is 29.3 Å². The van der Waals surface area contributed by atoms with E-state index in [4.69, 9.17) is 19.9 Å². The molecule has 8 nitrogen and oxygen atoms in total. The summed E-state index contributed by atoms with van der Waals surface area (Å²) in [4.78, 5) is 4.24. The number of methoxy groups -OCH3 is 1. The van der Waals surface area contributed by atoms with Crippen LogP contribution in [0.2, 0.25) is 0 Å². The second kappa shape index (κ2) is 8.81. The third-order valence-corrected chi connectivity index (χ3v) is 5.04. The van der Waals surface area contributed by atoms with E-state index in [1.165, 1.54) is 11.8 Å². The van der Waals surface area contributed by atoms with Crippen molar-refractivity contribution in [1.29, 1.82) is 10.5 Å². The molecular weight excluding hydrogens is 380 g/mol. The van der Waals surface area contributed by atoms with E-state index in [1.54, 1.807) is 25.3 Å². The molecule has 0 fully saturated rings. The molecule has 2 aromatic rings. The summed E-state index contributed by atoms with van der Waals surface area (Å²) in [6.07, 6.45) is -0.476. The van der Waals surface area contributed by atoms with E-state index in [-0.39, 0.29) is 30.2 Å². The van der Waals surface area contributed by atoms with E-state index in [1.807, 2.05) is 6.07 Å². The number of hydrogen-bond acceptors (Lipinski definition) is 9. The first-order valence-corrected chi connectivity index (χ1v) is 9.41. The van der Waals surface area contributed by atoms with Gasteiger partial charge in [0.25, 0.3) is 0 Å². The van der Waals surface area contributed by atoms with Crippen LogP contribution in [0.5, 0.6) is 11.5 Å². The number of hydrogen-bond donors (Lipinski definition) is 2. The fraction of sp³-hybridized carbons (Fsp3) is 0.316. The highest BCUT2D eigenvalue weighted by Crippen LogP contribution is 2.40. The summed E-state index contributed by atoms with van der Waals surface area (Å²) >= 11 is 1.33. The molecule has 0 bridgehead atoms. The maximum absolute atomic E-state index is 9.77. The van der Waals surface area contributed by atoms with Crippen LogP contribution in [-0.4, -0.2) is 48.9 Å². The Morgan fingerprint density at radius 2 is 2.11 bits per heavy atom. The van der Waals surface area contributed by atoms with Crippen LogP contribution in [0.3, 0.4) is 0 Å². The predicted molar refractivity (Wildman–Crippen MR) is 103 cm³/mol. The number of aliphatic hydroxyl groups is 1. The number of nitrogens with two attached hydrogens (primary N) is 1. The molecular formula is C19H18N4O4S. The maximum atomic E-state index is 9.77. The van der Waals surface area contributed by atoms with Crippen LogP contribution in [-0.2, 0) is 4.74 Å². The third-order valence-electron chi connectivity index (χ3n) is 4.10. The summed E-state index contributed by atoms with van der Waals surface area (Å²) in [6.45, 7) is 0.552. The molecule has 1 aliphatic heterocycles. The Morgan fingerprint density at radius 3 is 2.79 bits per heavy atom. The van der Waals surface area contributed by atoms with Gasteiger partial charge in [-0.2, -0.15) is 10.5 Å². The standard InChI is InChI=1S/C19H18N4O4S/c1-25-4-5-28-19-14(8-21)17(13(7-20)18(22)23-19)11-2-3-15-16(6-11)27-12(9-24)10-26-15/h2-3,6,12,24H,4-5,9-10H2,1H3,(H2,22,23). The molecule has 0 amide bonds. The van der Waals surface area contributed by atoms with E-state index >= 15 is 0 Å². The quantitative estimate of drug-likeness (QED) is 0.553. The number of nitriles is 2. The van der Waals surface area contributed by atoms with Crippen molar-refractivity contribution in [2.45, 2.75) is 11.1 Å². The minimum Gasteiger partial charge on any atom is -0.486 e. The summed E-state index contributed by atoms with van der Waals surface area (Å²) < 4.78 is 16.3. The number of pyridine rings is 1. The molecule has 1 aliphatic rings. The van der Waals surface area contributed by atoms with E-state index < -0.39 is 6.10 Å². The van der Waals surface area contributed by atoms with Gasteiger partial charge in [0, 0.05) is 18.4 Å². The number of thioether (sulfide) groups is 1. The van der Waals surface area contributed by atoms with Gasteiger partial charge in [-0.1, -0.05) is 6.07 Å². The number of nitrogens with zero attached hydrogens (tertiary/aromatic N) is 3. The van der Waals surface area contributed by atoms with Crippen molar-refractivity contribution < 1.29 is 19.3 Å². The van der Waals surface area contributed by atoms with Crippen LogP contribution in [0, 0.1) is 22.7 Å². The lowest BCUT2D eigenvalue weighted by Crippen LogP contribution is -2.32. The Hall–Kier alpha value is -2.98. The molecule has 9 heteroatoms. The molecule has 0 spiro atoms. The van der Waals surface area contributed by atoms with Crippen molar-refractivity contribution in [2.75, 3.05) is 38.4 Å². The minimum absolute atomic E-state index is 0.0551. The van der Waals surface area contributed by atoms with Gasteiger partial charge in [0.05, 0.1) is 18.8 Å².